The Morgan fingerprint density at radius 1 is 1.00 bits per heavy atom. The molecule has 0 heterocycles. The summed E-state index contributed by atoms with van der Waals surface area (Å²) in [7, 11) is 0. The predicted molar refractivity (Wildman–Crippen MR) is 95.8 cm³/mol. The van der Waals surface area contributed by atoms with E-state index in [1.807, 2.05) is 13.8 Å². The molecule has 1 aliphatic rings. The van der Waals surface area contributed by atoms with Crippen LogP contribution in [0.5, 0.6) is 0 Å². The topological polar surface area (TPSA) is 78.4 Å². The molecule has 1 aromatic rings. The molecule has 3 N–H and O–H groups in total. The summed E-state index contributed by atoms with van der Waals surface area (Å²) in [4.78, 5) is 23.9. The van der Waals surface area contributed by atoms with E-state index < -0.39 is 5.60 Å². The average Bonchev–Trinajstić information content (AvgIpc) is 2.48. The van der Waals surface area contributed by atoms with Gasteiger partial charge < -0.3 is 15.7 Å². The smallest absolute Gasteiger partial charge is 0.227 e. The van der Waals surface area contributed by atoms with E-state index in [-0.39, 0.29) is 18.2 Å². The van der Waals surface area contributed by atoms with E-state index in [1.165, 1.54) is 0 Å². The van der Waals surface area contributed by atoms with E-state index in [1.54, 1.807) is 24.3 Å². The molecular formula is C19H28N2O3. The lowest BCUT2D eigenvalue weighted by atomic mass is 9.82. The Balaban J connectivity index is 1.84. The number of benzene rings is 1. The van der Waals surface area contributed by atoms with Crippen molar-refractivity contribution in [1.29, 1.82) is 0 Å². The lowest BCUT2D eigenvalue weighted by Gasteiger charge is -2.31. The van der Waals surface area contributed by atoms with Gasteiger partial charge in [-0.3, -0.25) is 9.59 Å². The van der Waals surface area contributed by atoms with Gasteiger partial charge >= 0.3 is 0 Å². The first-order valence-corrected chi connectivity index (χ1v) is 8.78. The molecule has 0 aromatic heterocycles. The Labute approximate surface area is 143 Å². The zero-order valence-electron chi connectivity index (χ0n) is 14.6. The van der Waals surface area contributed by atoms with Gasteiger partial charge in [-0.1, -0.05) is 33.1 Å². The van der Waals surface area contributed by atoms with Crippen molar-refractivity contribution >= 4 is 23.2 Å². The number of aliphatic hydroxyl groups is 1. The first-order chi connectivity index (χ1) is 11.4. The fourth-order valence-corrected chi connectivity index (χ4v) is 3.11. The van der Waals surface area contributed by atoms with Crippen LogP contribution in [-0.4, -0.2) is 22.5 Å². The molecule has 132 valence electrons. The van der Waals surface area contributed by atoms with E-state index >= 15 is 0 Å². The van der Waals surface area contributed by atoms with E-state index in [9.17, 15) is 14.7 Å². The molecule has 2 rings (SSSR count). The summed E-state index contributed by atoms with van der Waals surface area (Å²) < 4.78 is 0. The minimum Gasteiger partial charge on any atom is -0.389 e. The molecule has 0 saturated heterocycles. The first-order valence-electron chi connectivity index (χ1n) is 8.78. The summed E-state index contributed by atoms with van der Waals surface area (Å²) in [6.07, 6.45) is 5.11. The molecule has 0 bridgehead atoms. The molecule has 5 heteroatoms. The predicted octanol–water partition coefficient (Wildman–Crippen LogP) is 3.70. The van der Waals surface area contributed by atoms with Crippen LogP contribution in [-0.2, 0) is 9.59 Å². The van der Waals surface area contributed by atoms with Gasteiger partial charge in [0.25, 0.3) is 0 Å². The van der Waals surface area contributed by atoms with Crippen molar-refractivity contribution in [1.82, 2.24) is 0 Å². The van der Waals surface area contributed by atoms with Crippen LogP contribution < -0.4 is 10.6 Å². The van der Waals surface area contributed by atoms with E-state index in [0.29, 0.717) is 36.6 Å². The SMILES string of the molecule is CC(C)CC(=O)Nc1ccc(NC(=O)CC2(O)CCCCC2)cc1. The molecule has 5 nitrogen and oxygen atoms in total. The van der Waals surface area contributed by atoms with Crippen LogP contribution in [0.25, 0.3) is 0 Å². The lowest BCUT2D eigenvalue weighted by Crippen LogP contribution is -2.35. The molecule has 0 unspecified atom stereocenters. The molecule has 2 amide bonds. The van der Waals surface area contributed by atoms with Gasteiger partial charge in [0, 0.05) is 17.8 Å². The van der Waals surface area contributed by atoms with Crippen LogP contribution in [0.1, 0.15) is 58.8 Å². The molecule has 1 saturated carbocycles. The number of hydrogen-bond acceptors (Lipinski definition) is 3. The van der Waals surface area contributed by atoms with Crippen LogP contribution in [0.15, 0.2) is 24.3 Å². The van der Waals surface area contributed by atoms with Gasteiger partial charge in [-0.2, -0.15) is 0 Å². The summed E-state index contributed by atoms with van der Waals surface area (Å²) in [5.41, 5.74) is 0.526. The van der Waals surface area contributed by atoms with Crippen molar-refractivity contribution < 1.29 is 14.7 Å². The van der Waals surface area contributed by atoms with Crippen molar-refractivity contribution in [2.45, 2.75) is 64.4 Å². The summed E-state index contributed by atoms with van der Waals surface area (Å²) in [5.74, 6) is 0.131. The normalized spacial score (nSPS) is 16.7. The Morgan fingerprint density at radius 3 is 2.00 bits per heavy atom. The zero-order valence-corrected chi connectivity index (χ0v) is 14.6. The quantitative estimate of drug-likeness (QED) is 0.743. The molecule has 0 aliphatic heterocycles. The summed E-state index contributed by atoms with van der Waals surface area (Å²) in [6, 6.07) is 7.05. The molecule has 1 aliphatic carbocycles. The minimum absolute atomic E-state index is 0.0127. The molecule has 1 aromatic carbocycles. The average molecular weight is 332 g/mol. The van der Waals surface area contributed by atoms with Gasteiger partial charge in [-0.05, 0) is 43.0 Å². The maximum absolute atomic E-state index is 12.1. The Morgan fingerprint density at radius 2 is 1.50 bits per heavy atom. The van der Waals surface area contributed by atoms with Crippen molar-refractivity contribution in [2.24, 2.45) is 5.92 Å². The van der Waals surface area contributed by atoms with Crippen LogP contribution in [0.2, 0.25) is 0 Å². The van der Waals surface area contributed by atoms with E-state index in [4.69, 9.17) is 0 Å². The molecule has 0 radical (unpaired) electrons. The highest BCUT2D eigenvalue weighted by molar-refractivity contribution is 5.93. The second-order valence-electron chi connectivity index (χ2n) is 7.23. The summed E-state index contributed by atoms with van der Waals surface area (Å²) in [6.45, 7) is 4.00. The van der Waals surface area contributed by atoms with Gasteiger partial charge in [-0.15, -0.1) is 0 Å². The second-order valence-corrected chi connectivity index (χ2v) is 7.23. The van der Waals surface area contributed by atoms with E-state index in [2.05, 4.69) is 10.6 Å². The Bertz CT molecular complexity index is 560. The third-order valence-electron chi connectivity index (χ3n) is 4.32. The monoisotopic (exact) mass is 332 g/mol. The Kier molecular flexibility index (Phi) is 6.37. The van der Waals surface area contributed by atoms with Crippen molar-refractivity contribution in [3.05, 3.63) is 24.3 Å². The summed E-state index contributed by atoms with van der Waals surface area (Å²) >= 11 is 0. The van der Waals surface area contributed by atoms with Crippen LogP contribution >= 0.6 is 0 Å². The number of carbonyl (C=O) groups excluding carboxylic acids is 2. The first kappa shape index (κ1) is 18.5. The number of rotatable bonds is 6. The van der Waals surface area contributed by atoms with Crippen LogP contribution in [0.3, 0.4) is 0 Å². The number of nitrogens with one attached hydrogen (secondary N) is 2. The molecule has 24 heavy (non-hydrogen) atoms. The Hall–Kier alpha value is -1.88. The standard InChI is InChI=1S/C19H28N2O3/c1-14(2)12-17(22)20-15-6-8-16(9-7-15)21-18(23)13-19(24)10-4-3-5-11-19/h6-9,14,24H,3-5,10-13H2,1-2H3,(H,20,22)(H,21,23). The number of hydrogen-bond donors (Lipinski definition) is 3. The van der Waals surface area contributed by atoms with Gasteiger partial charge in [0.15, 0.2) is 0 Å². The van der Waals surface area contributed by atoms with Gasteiger partial charge in [0.05, 0.1) is 12.0 Å². The summed E-state index contributed by atoms with van der Waals surface area (Å²) in [5, 5.41) is 16.1. The van der Waals surface area contributed by atoms with Crippen LogP contribution in [0, 0.1) is 5.92 Å². The molecule has 1 fully saturated rings. The zero-order chi connectivity index (χ0) is 17.6. The van der Waals surface area contributed by atoms with Crippen molar-refractivity contribution in [3.8, 4) is 0 Å². The van der Waals surface area contributed by atoms with Gasteiger partial charge in [0.2, 0.25) is 11.8 Å². The van der Waals surface area contributed by atoms with Crippen molar-refractivity contribution in [3.63, 3.8) is 0 Å². The third-order valence-corrected chi connectivity index (χ3v) is 4.32. The number of amides is 2. The highest BCUT2D eigenvalue weighted by atomic mass is 16.3. The number of anilines is 2. The molecular weight excluding hydrogens is 304 g/mol. The fraction of sp³-hybridized carbons (Fsp3) is 0.579. The highest BCUT2D eigenvalue weighted by Gasteiger charge is 2.31. The van der Waals surface area contributed by atoms with Crippen molar-refractivity contribution in [2.75, 3.05) is 10.6 Å². The van der Waals surface area contributed by atoms with Crippen LogP contribution in [0.4, 0.5) is 11.4 Å². The fourth-order valence-electron chi connectivity index (χ4n) is 3.11. The highest BCUT2D eigenvalue weighted by Crippen LogP contribution is 2.31. The lowest BCUT2D eigenvalue weighted by molar-refractivity contribution is -0.122. The second kappa shape index (κ2) is 8.29. The maximum atomic E-state index is 12.1. The molecule has 0 spiro atoms. The largest absolute Gasteiger partial charge is 0.389 e. The van der Waals surface area contributed by atoms with E-state index in [0.717, 1.165) is 19.3 Å². The molecule has 0 atom stereocenters. The van der Waals surface area contributed by atoms with Gasteiger partial charge in [-0.25, -0.2) is 0 Å². The number of carbonyl (C=O) groups is 2. The minimum atomic E-state index is -0.854. The maximum Gasteiger partial charge on any atom is 0.227 e. The van der Waals surface area contributed by atoms with Gasteiger partial charge in [0.1, 0.15) is 0 Å². The third kappa shape index (κ3) is 5.96.